The molecule has 0 atom stereocenters. The van der Waals surface area contributed by atoms with E-state index < -0.39 is 5.97 Å². The third kappa shape index (κ3) is 3.63. The molecular formula is C25H18N2O4S. The maximum Gasteiger partial charge on any atom is 0.342 e. The smallest absolute Gasteiger partial charge is 0.342 e. The van der Waals surface area contributed by atoms with Gasteiger partial charge in [-0.15, -0.1) is 0 Å². The summed E-state index contributed by atoms with van der Waals surface area (Å²) in [7, 11) is 1.61. The zero-order chi connectivity index (χ0) is 22.1. The lowest BCUT2D eigenvalue weighted by Gasteiger charge is -2.03. The predicted molar refractivity (Wildman–Crippen MR) is 126 cm³/mol. The highest BCUT2D eigenvalue weighted by atomic mass is 32.2. The number of aromatic amines is 1. The molecule has 0 amide bonds. The number of hydrogen-bond acceptors (Lipinski definition) is 5. The molecule has 0 radical (unpaired) electrons. The van der Waals surface area contributed by atoms with Gasteiger partial charge in [-0.3, -0.25) is 0 Å². The molecule has 0 aliphatic rings. The first kappa shape index (κ1) is 20.0. The molecule has 2 N–H and O–H groups in total. The minimum absolute atomic E-state index is 0.0949. The van der Waals surface area contributed by atoms with Gasteiger partial charge in [-0.1, -0.05) is 54.6 Å². The highest BCUT2D eigenvalue weighted by Crippen LogP contribution is 2.38. The number of nitrogens with zero attached hydrogens (tertiary/aromatic N) is 1. The number of carbonyl (C=O) groups is 1. The number of aliphatic carboxylic acids is 1. The lowest BCUT2D eigenvalue weighted by atomic mass is 10.0. The molecule has 32 heavy (non-hydrogen) atoms. The van der Waals surface area contributed by atoms with Gasteiger partial charge in [0.15, 0.2) is 5.58 Å². The van der Waals surface area contributed by atoms with Crippen LogP contribution in [0.1, 0.15) is 5.56 Å². The molecule has 6 nitrogen and oxygen atoms in total. The van der Waals surface area contributed by atoms with Gasteiger partial charge in [0.1, 0.15) is 16.2 Å². The summed E-state index contributed by atoms with van der Waals surface area (Å²) >= 11 is 0.982. The van der Waals surface area contributed by atoms with Gasteiger partial charge < -0.3 is 19.2 Å². The number of aromatic nitrogens is 2. The number of rotatable bonds is 6. The Kier molecular flexibility index (Phi) is 5.17. The van der Waals surface area contributed by atoms with Crippen LogP contribution in [0, 0.1) is 0 Å². The van der Waals surface area contributed by atoms with Crippen LogP contribution in [0.3, 0.4) is 0 Å². The van der Waals surface area contributed by atoms with Crippen molar-refractivity contribution in [2.45, 2.75) is 5.22 Å². The number of H-pyrrole nitrogens is 1. The number of fused-ring (bicyclic) bond motifs is 2. The van der Waals surface area contributed by atoms with Gasteiger partial charge in [0.2, 0.25) is 0 Å². The van der Waals surface area contributed by atoms with Crippen molar-refractivity contribution in [2.75, 3.05) is 7.11 Å². The summed E-state index contributed by atoms with van der Waals surface area (Å²) in [6.45, 7) is 0. The van der Waals surface area contributed by atoms with Gasteiger partial charge in [0.25, 0.3) is 5.22 Å². The van der Waals surface area contributed by atoms with Crippen LogP contribution >= 0.6 is 11.8 Å². The van der Waals surface area contributed by atoms with Crippen molar-refractivity contribution in [1.29, 1.82) is 0 Å². The normalized spacial score (nSPS) is 11.8. The average molecular weight is 442 g/mol. The highest BCUT2D eigenvalue weighted by Gasteiger charge is 2.19. The first-order valence-corrected chi connectivity index (χ1v) is 10.7. The summed E-state index contributed by atoms with van der Waals surface area (Å²) in [6.07, 6.45) is 1.66. The molecule has 0 spiro atoms. The Labute approximate surface area is 187 Å². The molecule has 158 valence electrons. The molecule has 5 rings (SSSR count). The fourth-order valence-corrected chi connectivity index (χ4v) is 4.35. The SMILES string of the molecule is COc1cccc2c(/C=C(\Sc3nc4ccccc4o3)C(=O)O)c(-c3ccccc3)[nH]c12. The molecule has 7 heteroatoms. The van der Waals surface area contributed by atoms with Crippen LogP contribution in [0.4, 0.5) is 0 Å². The van der Waals surface area contributed by atoms with E-state index in [1.165, 1.54) is 0 Å². The van der Waals surface area contributed by atoms with Crippen molar-refractivity contribution < 1.29 is 19.1 Å². The Balaban J connectivity index is 1.67. The summed E-state index contributed by atoms with van der Waals surface area (Å²) in [5, 5.41) is 11.1. The predicted octanol–water partition coefficient (Wildman–Crippen LogP) is 6.20. The second kappa shape index (κ2) is 8.28. The lowest BCUT2D eigenvalue weighted by Crippen LogP contribution is -1.97. The zero-order valence-corrected chi connectivity index (χ0v) is 17.8. The molecule has 5 aromatic rings. The van der Waals surface area contributed by atoms with Crippen molar-refractivity contribution in [3.05, 3.63) is 83.3 Å². The lowest BCUT2D eigenvalue weighted by molar-refractivity contribution is -0.131. The van der Waals surface area contributed by atoms with Crippen molar-refractivity contribution in [3.8, 4) is 17.0 Å². The number of nitrogens with one attached hydrogen (secondary N) is 1. The largest absolute Gasteiger partial charge is 0.495 e. The van der Waals surface area contributed by atoms with E-state index in [2.05, 4.69) is 9.97 Å². The number of hydrogen-bond donors (Lipinski definition) is 2. The van der Waals surface area contributed by atoms with Crippen LogP contribution in [0.25, 0.3) is 39.3 Å². The molecule has 0 bridgehead atoms. The quantitative estimate of drug-likeness (QED) is 0.240. The minimum Gasteiger partial charge on any atom is -0.495 e. The first-order chi connectivity index (χ1) is 15.6. The monoisotopic (exact) mass is 442 g/mol. The van der Waals surface area contributed by atoms with Crippen LogP contribution in [0.5, 0.6) is 5.75 Å². The van der Waals surface area contributed by atoms with Crippen LogP contribution in [0.15, 0.2) is 87.3 Å². The van der Waals surface area contributed by atoms with E-state index in [9.17, 15) is 9.90 Å². The van der Waals surface area contributed by atoms with E-state index in [-0.39, 0.29) is 10.1 Å². The maximum atomic E-state index is 12.2. The molecule has 0 saturated carbocycles. The van der Waals surface area contributed by atoms with Gasteiger partial charge in [-0.25, -0.2) is 9.78 Å². The van der Waals surface area contributed by atoms with Crippen LogP contribution in [-0.4, -0.2) is 28.2 Å². The number of oxazole rings is 1. The van der Waals surface area contributed by atoms with E-state index in [4.69, 9.17) is 9.15 Å². The van der Waals surface area contributed by atoms with Crippen molar-refractivity contribution >= 4 is 45.8 Å². The molecule has 0 fully saturated rings. The second-order valence-corrected chi connectivity index (χ2v) is 8.02. The molecule has 0 saturated heterocycles. The van der Waals surface area contributed by atoms with E-state index in [1.54, 1.807) is 19.3 Å². The van der Waals surface area contributed by atoms with E-state index in [1.807, 2.05) is 66.7 Å². The van der Waals surface area contributed by atoms with Crippen molar-refractivity contribution in [2.24, 2.45) is 0 Å². The summed E-state index contributed by atoms with van der Waals surface area (Å²) in [5.41, 5.74) is 4.60. The molecule has 0 aliphatic carbocycles. The molecule has 0 unspecified atom stereocenters. The molecular weight excluding hydrogens is 424 g/mol. The summed E-state index contributed by atoms with van der Waals surface area (Å²) in [4.78, 5) is 20.1. The Morgan fingerprint density at radius 3 is 2.59 bits per heavy atom. The van der Waals surface area contributed by atoms with Gasteiger partial charge in [-0.2, -0.15) is 0 Å². The summed E-state index contributed by atoms with van der Waals surface area (Å²) in [6, 6.07) is 22.8. The number of ether oxygens (including phenoxy) is 1. The summed E-state index contributed by atoms with van der Waals surface area (Å²) < 4.78 is 11.2. The molecule has 2 aromatic heterocycles. The number of carboxylic acids is 1. The Bertz CT molecular complexity index is 1430. The summed E-state index contributed by atoms with van der Waals surface area (Å²) in [5.74, 6) is -0.378. The van der Waals surface area contributed by atoms with Crippen LogP contribution in [0.2, 0.25) is 0 Å². The van der Waals surface area contributed by atoms with Crippen LogP contribution in [-0.2, 0) is 4.79 Å². The van der Waals surface area contributed by atoms with Crippen LogP contribution < -0.4 is 4.74 Å². The van der Waals surface area contributed by atoms with E-state index >= 15 is 0 Å². The highest BCUT2D eigenvalue weighted by molar-refractivity contribution is 8.03. The van der Waals surface area contributed by atoms with Crippen molar-refractivity contribution in [3.63, 3.8) is 0 Å². The fourth-order valence-electron chi connectivity index (χ4n) is 3.62. The standard InChI is InChI=1S/C25H18N2O4S/c1-30-20-13-7-10-16-17(22(27-23(16)20)15-8-3-2-4-9-15)14-21(24(28)29)32-25-26-18-11-5-6-12-19(18)31-25/h2-14,27H,1H3,(H,28,29)/b21-14-. The van der Waals surface area contributed by atoms with E-state index in [0.717, 1.165) is 39.5 Å². The van der Waals surface area contributed by atoms with Gasteiger partial charge in [-0.05, 0) is 41.6 Å². The third-order valence-electron chi connectivity index (χ3n) is 5.08. The Hall–Kier alpha value is -3.97. The number of methoxy groups -OCH3 is 1. The van der Waals surface area contributed by atoms with Gasteiger partial charge in [0, 0.05) is 10.9 Å². The Morgan fingerprint density at radius 2 is 1.84 bits per heavy atom. The topological polar surface area (TPSA) is 88.3 Å². The maximum absolute atomic E-state index is 12.2. The van der Waals surface area contributed by atoms with Gasteiger partial charge in [0.05, 0.1) is 18.3 Å². The van der Waals surface area contributed by atoms with E-state index in [0.29, 0.717) is 16.8 Å². The third-order valence-corrected chi connectivity index (χ3v) is 5.94. The number of carboxylic acid groups (broad SMARTS) is 1. The number of thioether (sulfide) groups is 1. The molecule has 3 aromatic carbocycles. The zero-order valence-electron chi connectivity index (χ0n) is 17.0. The van der Waals surface area contributed by atoms with Crippen molar-refractivity contribution in [1.82, 2.24) is 9.97 Å². The first-order valence-electron chi connectivity index (χ1n) is 9.86. The average Bonchev–Trinajstić information content (AvgIpc) is 3.40. The van der Waals surface area contributed by atoms with Gasteiger partial charge >= 0.3 is 5.97 Å². The molecule has 0 aliphatic heterocycles. The fraction of sp³-hybridized carbons (Fsp3) is 0.0400. The Morgan fingerprint density at radius 1 is 1.06 bits per heavy atom. The number of benzene rings is 3. The minimum atomic E-state index is -1.06. The number of para-hydroxylation sites is 3. The molecule has 2 heterocycles. The second-order valence-electron chi connectivity index (χ2n) is 7.03.